The number of halogens is 1. The zero-order chi connectivity index (χ0) is 13.6. The van der Waals surface area contributed by atoms with E-state index in [-0.39, 0.29) is 5.91 Å². The van der Waals surface area contributed by atoms with Gasteiger partial charge in [0, 0.05) is 18.0 Å². The summed E-state index contributed by atoms with van der Waals surface area (Å²) in [5.74, 6) is 1.20. The van der Waals surface area contributed by atoms with Crippen LogP contribution in [0.2, 0.25) is 5.02 Å². The van der Waals surface area contributed by atoms with Crippen molar-refractivity contribution in [1.29, 1.82) is 0 Å². The maximum absolute atomic E-state index is 12.0. The lowest BCUT2D eigenvalue weighted by atomic mass is 10.1. The summed E-state index contributed by atoms with van der Waals surface area (Å²) in [5, 5.41) is 1.49. The molecule has 1 amide bonds. The number of rotatable bonds is 2. The summed E-state index contributed by atoms with van der Waals surface area (Å²) < 4.78 is 1.07. The number of thiol groups is 1. The molecule has 1 saturated heterocycles. The van der Waals surface area contributed by atoms with E-state index in [2.05, 4.69) is 17.6 Å². The first-order valence-corrected chi connectivity index (χ1v) is 7.89. The van der Waals surface area contributed by atoms with Gasteiger partial charge in [-0.05, 0) is 36.3 Å². The number of benzene rings is 1. The summed E-state index contributed by atoms with van der Waals surface area (Å²) in [4.78, 5) is 18.4. The molecule has 1 aliphatic rings. The first kappa shape index (κ1) is 13.2. The molecule has 1 aliphatic heterocycles. The van der Waals surface area contributed by atoms with Gasteiger partial charge in [0.25, 0.3) is 0 Å². The molecule has 3 rings (SSSR count). The molecule has 0 N–H and O–H groups in total. The number of aromatic nitrogens is 1. The minimum absolute atomic E-state index is 0.141. The van der Waals surface area contributed by atoms with Gasteiger partial charge in [-0.1, -0.05) is 22.9 Å². The van der Waals surface area contributed by atoms with Crippen molar-refractivity contribution in [1.82, 2.24) is 4.98 Å². The highest BCUT2D eigenvalue weighted by molar-refractivity contribution is 7.80. The van der Waals surface area contributed by atoms with Crippen LogP contribution >= 0.6 is 35.6 Å². The summed E-state index contributed by atoms with van der Waals surface area (Å²) >= 11 is 11.9. The van der Waals surface area contributed by atoms with E-state index in [1.54, 1.807) is 16.2 Å². The topological polar surface area (TPSA) is 33.2 Å². The molecule has 0 spiro atoms. The molecule has 100 valence electrons. The van der Waals surface area contributed by atoms with E-state index in [9.17, 15) is 4.79 Å². The summed E-state index contributed by atoms with van der Waals surface area (Å²) in [5.41, 5.74) is 1.87. The third-order valence-electron chi connectivity index (χ3n) is 3.43. The van der Waals surface area contributed by atoms with Gasteiger partial charge in [-0.15, -0.1) is 0 Å². The molecular formula is C13H13ClN2OS2. The fourth-order valence-corrected chi connectivity index (χ4v) is 3.74. The highest BCUT2D eigenvalue weighted by atomic mass is 35.5. The molecule has 1 atom stereocenters. The first-order valence-electron chi connectivity index (χ1n) is 6.07. The van der Waals surface area contributed by atoms with Crippen molar-refractivity contribution >= 4 is 56.8 Å². The van der Waals surface area contributed by atoms with Crippen LogP contribution in [-0.4, -0.2) is 23.2 Å². The second kappa shape index (κ2) is 4.96. The van der Waals surface area contributed by atoms with Crippen molar-refractivity contribution in [2.45, 2.75) is 13.3 Å². The summed E-state index contributed by atoms with van der Waals surface area (Å²) in [6.07, 6.45) is 0.569. The lowest BCUT2D eigenvalue weighted by Gasteiger charge is -2.11. The normalized spacial score (nSPS) is 19.6. The van der Waals surface area contributed by atoms with Gasteiger partial charge in [-0.2, -0.15) is 12.6 Å². The van der Waals surface area contributed by atoms with Gasteiger partial charge in [-0.25, -0.2) is 4.98 Å². The Morgan fingerprint density at radius 2 is 2.37 bits per heavy atom. The van der Waals surface area contributed by atoms with Crippen molar-refractivity contribution in [2.75, 3.05) is 17.2 Å². The Morgan fingerprint density at radius 3 is 3.05 bits per heavy atom. The number of anilines is 1. The average molecular weight is 313 g/mol. The minimum atomic E-state index is 0.141. The quantitative estimate of drug-likeness (QED) is 0.860. The monoisotopic (exact) mass is 312 g/mol. The van der Waals surface area contributed by atoms with E-state index in [4.69, 9.17) is 11.6 Å². The number of thiazole rings is 1. The Labute approximate surface area is 126 Å². The number of hydrogen-bond acceptors (Lipinski definition) is 4. The van der Waals surface area contributed by atoms with E-state index in [1.807, 2.05) is 19.1 Å². The number of hydrogen-bond donors (Lipinski definition) is 1. The highest BCUT2D eigenvalue weighted by Crippen LogP contribution is 2.35. The molecule has 6 heteroatoms. The molecule has 0 radical (unpaired) electrons. The van der Waals surface area contributed by atoms with E-state index in [0.717, 1.165) is 33.2 Å². The second-order valence-electron chi connectivity index (χ2n) is 4.77. The van der Waals surface area contributed by atoms with E-state index >= 15 is 0 Å². The summed E-state index contributed by atoms with van der Waals surface area (Å²) in [7, 11) is 0. The molecule has 0 bridgehead atoms. The van der Waals surface area contributed by atoms with Gasteiger partial charge in [-0.3, -0.25) is 9.69 Å². The largest absolute Gasteiger partial charge is 0.288 e. The Kier molecular flexibility index (Phi) is 3.45. The molecule has 1 aromatic heterocycles. The van der Waals surface area contributed by atoms with Gasteiger partial charge in [0.05, 0.1) is 10.2 Å². The van der Waals surface area contributed by atoms with Crippen LogP contribution in [0.3, 0.4) is 0 Å². The predicted molar refractivity (Wildman–Crippen MR) is 83.7 cm³/mol. The molecule has 3 nitrogen and oxygen atoms in total. The van der Waals surface area contributed by atoms with Gasteiger partial charge < -0.3 is 0 Å². The number of carbonyl (C=O) groups excluding carboxylic acids is 1. The summed E-state index contributed by atoms with van der Waals surface area (Å²) in [6.45, 7) is 2.67. The van der Waals surface area contributed by atoms with E-state index in [1.165, 1.54) is 0 Å². The third-order valence-corrected chi connectivity index (χ3v) is 5.40. The zero-order valence-corrected chi connectivity index (χ0v) is 12.9. The smallest absolute Gasteiger partial charge is 0.229 e. The Balaban J connectivity index is 2.02. The number of nitrogens with zero attached hydrogens (tertiary/aromatic N) is 2. The van der Waals surface area contributed by atoms with Crippen molar-refractivity contribution in [3.05, 3.63) is 22.7 Å². The number of fused-ring (bicyclic) bond motifs is 1. The van der Waals surface area contributed by atoms with Gasteiger partial charge >= 0.3 is 0 Å². The molecule has 0 aliphatic carbocycles. The minimum Gasteiger partial charge on any atom is -0.288 e. The molecule has 1 fully saturated rings. The van der Waals surface area contributed by atoms with Crippen LogP contribution < -0.4 is 4.90 Å². The van der Waals surface area contributed by atoms with Crippen LogP contribution in [-0.2, 0) is 4.79 Å². The van der Waals surface area contributed by atoms with Crippen molar-refractivity contribution < 1.29 is 4.79 Å². The lowest BCUT2D eigenvalue weighted by molar-refractivity contribution is -0.117. The molecule has 1 unspecified atom stereocenters. The van der Waals surface area contributed by atoms with Crippen LogP contribution in [0.1, 0.15) is 12.0 Å². The average Bonchev–Trinajstić information content (AvgIpc) is 2.97. The Hall–Kier alpha value is -0.780. The van der Waals surface area contributed by atoms with Crippen LogP contribution in [0.15, 0.2) is 12.1 Å². The van der Waals surface area contributed by atoms with Crippen LogP contribution in [0.4, 0.5) is 5.13 Å². The maximum atomic E-state index is 12.0. The lowest BCUT2D eigenvalue weighted by Crippen LogP contribution is -2.24. The Bertz CT molecular complexity index is 655. The van der Waals surface area contributed by atoms with Gasteiger partial charge in [0.15, 0.2) is 5.13 Å². The van der Waals surface area contributed by atoms with Crippen LogP contribution in [0.5, 0.6) is 0 Å². The van der Waals surface area contributed by atoms with Crippen molar-refractivity contribution in [2.24, 2.45) is 5.92 Å². The molecular weight excluding hydrogens is 300 g/mol. The fraction of sp³-hybridized carbons (Fsp3) is 0.385. The van der Waals surface area contributed by atoms with E-state index in [0.29, 0.717) is 17.4 Å². The van der Waals surface area contributed by atoms with Gasteiger partial charge in [0.1, 0.15) is 0 Å². The molecule has 19 heavy (non-hydrogen) atoms. The number of amides is 1. The van der Waals surface area contributed by atoms with Crippen LogP contribution in [0, 0.1) is 12.8 Å². The van der Waals surface area contributed by atoms with E-state index < -0.39 is 0 Å². The predicted octanol–water partition coefficient (Wildman–Crippen LogP) is 3.54. The maximum Gasteiger partial charge on any atom is 0.229 e. The van der Waals surface area contributed by atoms with Crippen molar-refractivity contribution in [3.8, 4) is 0 Å². The fourth-order valence-electron chi connectivity index (χ4n) is 2.29. The first-order chi connectivity index (χ1) is 9.10. The zero-order valence-electron chi connectivity index (χ0n) is 10.4. The SMILES string of the molecule is Cc1c(Cl)ccc2sc(N3CC(CS)CC3=O)nc12. The highest BCUT2D eigenvalue weighted by Gasteiger charge is 2.31. The van der Waals surface area contributed by atoms with Crippen LogP contribution in [0.25, 0.3) is 10.2 Å². The van der Waals surface area contributed by atoms with Gasteiger partial charge in [0.2, 0.25) is 5.91 Å². The third kappa shape index (κ3) is 2.24. The Morgan fingerprint density at radius 1 is 1.58 bits per heavy atom. The molecule has 2 heterocycles. The molecule has 2 aromatic rings. The second-order valence-corrected chi connectivity index (χ2v) is 6.55. The molecule has 1 aromatic carbocycles. The molecule has 0 saturated carbocycles. The standard InChI is InChI=1S/C13H13ClN2OS2/c1-7-9(14)2-3-10-12(7)15-13(19-10)16-5-8(6-18)4-11(16)17/h2-3,8,18H,4-6H2,1H3. The summed E-state index contributed by atoms with van der Waals surface area (Å²) in [6, 6.07) is 3.84. The van der Waals surface area contributed by atoms with Crippen molar-refractivity contribution in [3.63, 3.8) is 0 Å². The number of carbonyl (C=O) groups is 1. The number of aryl methyl sites for hydroxylation is 1.